The Balaban J connectivity index is 2.11. The maximum Gasteiger partial charge on any atom is 0.238 e. The fourth-order valence-corrected chi connectivity index (χ4v) is 2.75. The lowest BCUT2D eigenvalue weighted by molar-refractivity contribution is 0.572. The van der Waals surface area contributed by atoms with Gasteiger partial charge in [-0.3, -0.25) is 0 Å². The lowest BCUT2D eigenvalue weighted by Crippen LogP contribution is -2.19. The van der Waals surface area contributed by atoms with E-state index in [9.17, 15) is 8.42 Å². The summed E-state index contributed by atoms with van der Waals surface area (Å²) in [6.07, 6.45) is 0. The van der Waals surface area contributed by atoms with Crippen LogP contribution < -0.4 is 10.5 Å². The quantitative estimate of drug-likeness (QED) is 0.888. The Hall–Kier alpha value is -1.40. The van der Waals surface area contributed by atoms with Gasteiger partial charge in [0.05, 0.1) is 4.90 Å². The van der Waals surface area contributed by atoms with E-state index in [0.717, 1.165) is 11.1 Å². The van der Waals surface area contributed by atoms with Gasteiger partial charge >= 0.3 is 0 Å². The molecule has 0 spiro atoms. The number of rotatable bonds is 5. The Labute approximate surface area is 130 Å². The first kappa shape index (κ1) is 16.0. The van der Waals surface area contributed by atoms with Crippen molar-refractivity contribution in [2.24, 2.45) is 5.14 Å². The van der Waals surface area contributed by atoms with Crippen LogP contribution >= 0.6 is 11.6 Å². The van der Waals surface area contributed by atoms with Crippen molar-refractivity contribution in [1.82, 2.24) is 5.32 Å². The first-order valence-corrected chi connectivity index (χ1v) is 8.40. The van der Waals surface area contributed by atoms with Crippen molar-refractivity contribution in [3.05, 3.63) is 64.7 Å². The third-order valence-corrected chi connectivity index (χ3v) is 4.52. The molecule has 0 heterocycles. The van der Waals surface area contributed by atoms with Gasteiger partial charge < -0.3 is 5.32 Å². The number of nitrogens with two attached hydrogens (primary N) is 1. The van der Waals surface area contributed by atoms with E-state index in [0.29, 0.717) is 11.6 Å². The van der Waals surface area contributed by atoms with Gasteiger partial charge in [-0.1, -0.05) is 41.9 Å². The van der Waals surface area contributed by atoms with Crippen molar-refractivity contribution >= 4 is 21.6 Å². The highest BCUT2D eigenvalue weighted by molar-refractivity contribution is 7.89. The fourth-order valence-electron chi connectivity index (χ4n) is 1.98. The largest absolute Gasteiger partial charge is 0.306 e. The van der Waals surface area contributed by atoms with Crippen molar-refractivity contribution in [1.29, 1.82) is 0 Å². The van der Waals surface area contributed by atoms with Gasteiger partial charge in [0.2, 0.25) is 10.0 Å². The molecule has 0 radical (unpaired) electrons. The van der Waals surface area contributed by atoms with E-state index in [1.54, 1.807) is 12.1 Å². The van der Waals surface area contributed by atoms with Crippen LogP contribution in [0.5, 0.6) is 0 Å². The predicted octanol–water partition coefficient (Wildman–Crippen LogP) is 2.84. The zero-order chi connectivity index (χ0) is 15.5. The summed E-state index contributed by atoms with van der Waals surface area (Å²) < 4.78 is 22.7. The Kier molecular flexibility index (Phi) is 5.00. The molecule has 0 aromatic heterocycles. The molecule has 0 saturated carbocycles. The number of hydrogen-bond donors (Lipinski definition) is 2. The summed E-state index contributed by atoms with van der Waals surface area (Å²) in [6, 6.07) is 14.2. The van der Waals surface area contributed by atoms with Crippen LogP contribution in [0.4, 0.5) is 0 Å². The molecule has 0 amide bonds. The van der Waals surface area contributed by atoms with Crippen molar-refractivity contribution in [3.8, 4) is 0 Å². The molecule has 112 valence electrons. The minimum absolute atomic E-state index is 0.0250. The van der Waals surface area contributed by atoms with Gasteiger partial charge in [0, 0.05) is 17.6 Å². The number of benzene rings is 2. The Morgan fingerprint density at radius 2 is 1.90 bits per heavy atom. The van der Waals surface area contributed by atoms with Crippen molar-refractivity contribution < 1.29 is 8.42 Å². The maximum atomic E-state index is 11.4. The van der Waals surface area contributed by atoms with Crippen LogP contribution in [-0.4, -0.2) is 8.42 Å². The molecule has 2 aromatic rings. The second-order valence-electron chi connectivity index (χ2n) is 4.81. The molecule has 0 aliphatic heterocycles. The van der Waals surface area contributed by atoms with Gasteiger partial charge in [0.25, 0.3) is 0 Å². The Morgan fingerprint density at radius 3 is 2.57 bits per heavy atom. The third kappa shape index (κ3) is 4.28. The average Bonchev–Trinajstić information content (AvgIpc) is 2.45. The summed E-state index contributed by atoms with van der Waals surface area (Å²) in [6.45, 7) is 2.56. The molecule has 4 nitrogen and oxygen atoms in total. The smallest absolute Gasteiger partial charge is 0.238 e. The van der Waals surface area contributed by atoms with E-state index in [-0.39, 0.29) is 10.9 Å². The predicted molar refractivity (Wildman–Crippen MR) is 84.5 cm³/mol. The minimum Gasteiger partial charge on any atom is -0.306 e. The molecule has 2 aromatic carbocycles. The first-order valence-electron chi connectivity index (χ1n) is 6.47. The topological polar surface area (TPSA) is 72.2 Å². The van der Waals surface area contributed by atoms with E-state index >= 15 is 0 Å². The monoisotopic (exact) mass is 324 g/mol. The van der Waals surface area contributed by atoms with Crippen LogP contribution in [0.25, 0.3) is 0 Å². The number of hydrogen-bond acceptors (Lipinski definition) is 3. The molecule has 0 aliphatic carbocycles. The second kappa shape index (κ2) is 6.58. The summed E-state index contributed by atoms with van der Waals surface area (Å²) in [5.41, 5.74) is 1.85. The van der Waals surface area contributed by atoms with E-state index in [2.05, 4.69) is 5.32 Å². The van der Waals surface area contributed by atoms with Crippen LogP contribution in [0.15, 0.2) is 53.4 Å². The highest BCUT2D eigenvalue weighted by Crippen LogP contribution is 2.19. The SMILES string of the molecule is CC(NCc1ccccc1Cl)c1cccc(S(N)(=O)=O)c1. The lowest BCUT2D eigenvalue weighted by Gasteiger charge is -2.15. The van der Waals surface area contributed by atoms with Gasteiger partial charge in [-0.25, -0.2) is 13.6 Å². The fraction of sp³-hybridized carbons (Fsp3) is 0.200. The second-order valence-corrected chi connectivity index (χ2v) is 6.78. The first-order chi connectivity index (χ1) is 9.88. The van der Waals surface area contributed by atoms with E-state index < -0.39 is 10.0 Å². The molecule has 0 bridgehead atoms. The number of sulfonamides is 1. The van der Waals surface area contributed by atoms with Crippen molar-refractivity contribution in [2.45, 2.75) is 24.4 Å². The van der Waals surface area contributed by atoms with Crippen LogP contribution in [0.3, 0.4) is 0 Å². The Morgan fingerprint density at radius 1 is 1.19 bits per heavy atom. The molecule has 0 aliphatic rings. The molecule has 0 fully saturated rings. The minimum atomic E-state index is -3.68. The average molecular weight is 325 g/mol. The maximum absolute atomic E-state index is 11.4. The zero-order valence-electron chi connectivity index (χ0n) is 11.6. The summed E-state index contributed by atoms with van der Waals surface area (Å²) in [7, 11) is -3.68. The Bertz CT molecular complexity index is 732. The molecular weight excluding hydrogens is 308 g/mol. The van der Waals surface area contributed by atoms with E-state index in [4.69, 9.17) is 16.7 Å². The normalized spacial score (nSPS) is 13.1. The highest BCUT2D eigenvalue weighted by Gasteiger charge is 2.11. The molecule has 0 saturated heterocycles. The van der Waals surface area contributed by atoms with Crippen LogP contribution in [0, 0.1) is 0 Å². The van der Waals surface area contributed by atoms with Crippen LogP contribution in [-0.2, 0) is 16.6 Å². The lowest BCUT2D eigenvalue weighted by atomic mass is 10.1. The molecule has 1 atom stereocenters. The van der Waals surface area contributed by atoms with Crippen LogP contribution in [0.1, 0.15) is 24.1 Å². The number of primary sulfonamides is 1. The van der Waals surface area contributed by atoms with Gasteiger partial charge in [0.15, 0.2) is 0 Å². The standard InChI is InChI=1S/C15H17ClN2O2S/c1-11(18-10-13-5-2-3-8-15(13)16)12-6-4-7-14(9-12)21(17,19)20/h2-9,11,18H,10H2,1H3,(H2,17,19,20). The van der Waals surface area contributed by atoms with E-state index in [1.807, 2.05) is 37.3 Å². The number of nitrogens with one attached hydrogen (secondary N) is 1. The summed E-state index contributed by atoms with van der Waals surface area (Å²) in [5, 5.41) is 9.16. The number of halogens is 1. The highest BCUT2D eigenvalue weighted by atomic mass is 35.5. The summed E-state index contributed by atoms with van der Waals surface area (Å²) >= 11 is 6.10. The van der Waals surface area contributed by atoms with E-state index in [1.165, 1.54) is 6.07 Å². The van der Waals surface area contributed by atoms with Gasteiger partial charge in [0.1, 0.15) is 0 Å². The molecular formula is C15H17ClN2O2S. The third-order valence-electron chi connectivity index (χ3n) is 3.24. The zero-order valence-corrected chi connectivity index (χ0v) is 13.2. The summed E-state index contributed by atoms with van der Waals surface area (Å²) in [4.78, 5) is 0.117. The molecule has 1 unspecified atom stereocenters. The summed E-state index contributed by atoms with van der Waals surface area (Å²) in [5.74, 6) is 0. The molecule has 3 N–H and O–H groups in total. The van der Waals surface area contributed by atoms with Gasteiger partial charge in [-0.15, -0.1) is 0 Å². The van der Waals surface area contributed by atoms with Gasteiger partial charge in [-0.2, -0.15) is 0 Å². The van der Waals surface area contributed by atoms with Crippen molar-refractivity contribution in [2.75, 3.05) is 0 Å². The molecule has 2 rings (SSSR count). The molecule has 6 heteroatoms. The molecule has 21 heavy (non-hydrogen) atoms. The van der Waals surface area contributed by atoms with Crippen LogP contribution in [0.2, 0.25) is 5.02 Å². The van der Waals surface area contributed by atoms with Crippen molar-refractivity contribution in [3.63, 3.8) is 0 Å². The van der Waals surface area contributed by atoms with Gasteiger partial charge in [-0.05, 0) is 36.2 Å².